The second kappa shape index (κ2) is 7.75. The summed E-state index contributed by atoms with van der Waals surface area (Å²) in [6.07, 6.45) is 6.03. The second-order valence-electron chi connectivity index (χ2n) is 8.07. The van der Waals surface area contributed by atoms with E-state index in [0.717, 1.165) is 56.0 Å². The van der Waals surface area contributed by atoms with E-state index in [9.17, 15) is 4.79 Å². The van der Waals surface area contributed by atoms with E-state index in [1.165, 1.54) is 4.88 Å². The molecule has 0 atom stereocenters. The molecule has 5 rings (SSSR count). The SMILES string of the molecule is CN1CCc2nc(NC(=O)[C@H]3CC[C@@H](n4cnc5c(N)nc(Cl)nc54)CC3)sc2C1. The van der Waals surface area contributed by atoms with Gasteiger partial charge in [0, 0.05) is 36.3 Å². The van der Waals surface area contributed by atoms with Gasteiger partial charge in [0.05, 0.1) is 12.0 Å². The van der Waals surface area contributed by atoms with Gasteiger partial charge in [-0.25, -0.2) is 9.97 Å². The Labute approximate surface area is 182 Å². The molecule has 0 saturated heterocycles. The molecule has 3 aromatic rings. The predicted octanol–water partition coefficient (Wildman–Crippen LogP) is 2.88. The first-order chi connectivity index (χ1) is 14.5. The Hall–Kier alpha value is -2.30. The predicted molar refractivity (Wildman–Crippen MR) is 117 cm³/mol. The van der Waals surface area contributed by atoms with Crippen LogP contribution >= 0.6 is 22.9 Å². The largest absolute Gasteiger partial charge is 0.382 e. The normalized spacial score (nSPS) is 22.2. The van der Waals surface area contributed by atoms with Crippen molar-refractivity contribution < 1.29 is 4.79 Å². The van der Waals surface area contributed by atoms with Crippen LogP contribution < -0.4 is 11.1 Å². The molecule has 3 aromatic heterocycles. The number of rotatable bonds is 3. The Morgan fingerprint density at radius 3 is 2.87 bits per heavy atom. The third-order valence-electron chi connectivity index (χ3n) is 6.03. The highest BCUT2D eigenvalue weighted by Crippen LogP contribution is 2.35. The number of nitrogens with two attached hydrogens (primary N) is 1. The Morgan fingerprint density at radius 1 is 1.27 bits per heavy atom. The molecule has 9 nitrogen and oxygen atoms in total. The molecule has 1 fully saturated rings. The van der Waals surface area contributed by atoms with Crippen LogP contribution in [-0.2, 0) is 17.8 Å². The van der Waals surface area contributed by atoms with Crippen molar-refractivity contribution in [3.63, 3.8) is 0 Å². The molecule has 4 heterocycles. The number of halogens is 1. The summed E-state index contributed by atoms with van der Waals surface area (Å²) in [5.41, 5.74) is 8.25. The number of nitrogens with zero attached hydrogens (tertiary/aromatic N) is 6. The number of nitrogens with one attached hydrogen (secondary N) is 1. The van der Waals surface area contributed by atoms with E-state index in [0.29, 0.717) is 11.2 Å². The number of imidazole rings is 1. The molecular formula is C19H23ClN8OS. The molecule has 0 bridgehead atoms. The summed E-state index contributed by atoms with van der Waals surface area (Å²) in [6, 6.07) is 0.215. The van der Waals surface area contributed by atoms with Gasteiger partial charge in [0.1, 0.15) is 5.52 Å². The fraction of sp³-hybridized carbons (Fsp3) is 0.526. The number of likely N-dealkylation sites (N-methyl/N-ethyl adjacent to an activating group) is 1. The van der Waals surface area contributed by atoms with Gasteiger partial charge in [0.15, 0.2) is 16.6 Å². The summed E-state index contributed by atoms with van der Waals surface area (Å²) in [6.45, 7) is 1.92. The Bertz CT molecular complexity index is 1100. The molecule has 0 radical (unpaired) electrons. The van der Waals surface area contributed by atoms with Crippen LogP contribution in [0.3, 0.4) is 0 Å². The second-order valence-corrected chi connectivity index (χ2v) is 9.49. The van der Waals surface area contributed by atoms with Gasteiger partial charge < -0.3 is 20.5 Å². The number of hydrogen-bond acceptors (Lipinski definition) is 8. The molecule has 0 aromatic carbocycles. The maximum Gasteiger partial charge on any atom is 0.229 e. The van der Waals surface area contributed by atoms with Crippen molar-refractivity contribution in [3.05, 3.63) is 22.2 Å². The minimum absolute atomic E-state index is 0.0112. The van der Waals surface area contributed by atoms with E-state index >= 15 is 0 Å². The average molecular weight is 447 g/mol. The van der Waals surface area contributed by atoms with Crippen LogP contribution in [-0.4, -0.2) is 48.9 Å². The quantitative estimate of drug-likeness (QED) is 0.594. The van der Waals surface area contributed by atoms with Gasteiger partial charge in [-0.3, -0.25) is 4.79 Å². The van der Waals surface area contributed by atoms with Gasteiger partial charge in [0.25, 0.3) is 0 Å². The first-order valence-corrected chi connectivity index (χ1v) is 11.3. The number of nitrogen functional groups attached to an aromatic ring is 1. The third kappa shape index (κ3) is 3.63. The molecule has 1 aliphatic heterocycles. The number of hydrogen-bond donors (Lipinski definition) is 2. The number of thiazole rings is 1. The van der Waals surface area contributed by atoms with E-state index in [4.69, 9.17) is 17.3 Å². The minimum Gasteiger partial charge on any atom is -0.382 e. The van der Waals surface area contributed by atoms with Crippen LogP contribution in [0.25, 0.3) is 11.2 Å². The number of fused-ring (bicyclic) bond motifs is 2. The van der Waals surface area contributed by atoms with E-state index in [2.05, 4.69) is 37.2 Å². The number of aromatic nitrogens is 5. The number of anilines is 2. The molecule has 1 amide bonds. The summed E-state index contributed by atoms with van der Waals surface area (Å²) in [7, 11) is 2.11. The van der Waals surface area contributed by atoms with Crippen LogP contribution in [0, 0.1) is 5.92 Å². The van der Waals surface area contributed by atoms with Crippen LogP contribution in [0.2, 0.25) is 5.28 Å². The number of carbonyl (C=O) groups excluding carboxylic acids is 1. The molecule has 3 N–H and O–H groups in total. The van der Waals surface area contributed by atoms with Crippen LogP contribution in [0.1, 0.15) is 42.3 Å². The monoisotopic (exact) mass is 446 g/mol. The summed E-state index contributed by atoms with van der Waals surface area (Å²) >= 11 is 7.57. The van der Waals surface area contributed by atoms with E-state index in [1.807, 2.05) is 4.57 Å². The first kappa shape index (κ1) is 19.7. The molecule has 11 heteroatoms. The Balaban J connectivity index is 1.24. The van der Waals surface area contributed by atoms with Crippen molar-refractivity contribution in [2.75, 3.05) is 24.6 Å². The van der Waals surface area contributed by atoms with Gasteiger partial charge in [-0.05, 0) is 44.3 Å². The standard InChI is InChI=1S/C19H23ClN8OS/c1-27-7-6-12-13(8-27)30-19(23-12)26-17(29)10-2-4-11(5-3-10)28-9-22-14-15(21)24-18(20)25-16(14)28/h9-11H,2-8H2,1H3,(H2,21,24,25)(H,23,26,29)/t10-,11+. The summed E-state index contributed by atoms with van der Waals surface area (Å²) in [5.74, 6) is 0.343. The van der Waals surface area contributed by atoms with Crippen molar-refractivity contribution in [1.29, 1.82) is 0 Å². The molecule has 2 aliphatic rings. The first-order valence-electron chi connectivity index (χ1n) is 10.1. The van der Waals surface area contributed by atoms with Crippen molar-refractivity contribution >= 4 is 51.0 Å². The van der Waals surface area contributed by atoms with Gasteiger partial charge >= 0.3 is 0 Å². The highest BCUT2D eigenvalue weighted by molar-refractivity contribution is 7.15. The van der Waals surface area contributed by atoms with Crippen molar-refractivity contribution in [2.24, 2.45) is 5.92 Å². The topological polar surface area (TPSA) is 115 Å². The Morgan fingerprint density at radius 2 is 2.07 bits per heavy atom. The maximum atomic E-state index is 12.8. The summed E-state index contributed by atoms with van der Waals surface area (Å²) in [5, 5.41) is 3.90. The van der Waals surface area contributed by atoms with E-state index in [1.54, 1.807) is 17.7 Å². The molecular weight excluding hydrogens is 424 g/mol. The lowest BCUT2D eigenvalue weighted by Crippen LogP contribution is -2.28. The van der Waals surface area contributed by atoms with Crippen LogP contribution in [0.4, 0.5) is 10.9 Å². The summed E-state index contributed by atoms with van der Waals surface area (Å²) < 4.78 is 2.01. The van der Waals surface area contributed by atoms with Gasteiger partial charge in [0.2, 0.25) is 11.2 Å². The van der Waals surface area contributed by atoms with Crippen LogP contribution in [0.15, 0.2) is 6.33 Å². The van der Waals surface area contributed by atoms with Gasteiger partial charge in [-0.1, -0.05) is 0 Å². The fourth-order valence-corrected chi connectivity index (χ4v) is 5.64. The molecule has 0 spiro atoms. The van der Waals surface area contributed by atoms with Crippen molar-refractivity contribution in [2.45, 2.75) is 44.7 Å². The van der Waals surface area contributed by atoms with E-state index < -0.39 is 0 Å². The fourth-order valence-electron chi connectivity index (χ4n) is 4.38. The van der Waals surface area contributed by atoms with Crippen LogP contribution in [0.5, 0.6) is 0 Å². The lowest BCUT2D eigenvalue weighted by atomic mass is 9.85. The van der Waals surface area contributed by atoms with Crippen molar-refractivity contribution in [1.82, 2.24) is 29.4 Å². The summed E-state index contributed by atoms with van der Waals surface area (Å²) in [4.78, 5) is 33.6. The maximum absolute atomic E-state index is 12.8. The number of carbonyl (C=O) groups is 1. The Kier molecular flexibility index (Phi) is 5.08. The minimum atomic E-state index is -0.0112. The molecule has 1 aliphatic carbocycles. The lowest BCUT2D eigenvalue weighted by molar-refractivity contribution is -0.120. The zero-order valence-electron chi connectivity index (χ0n) is 16.6. The lowest BCUT2D eigenvalue weighted by Gasteiger charge is -2.28. The third-order valence-corrected chi connectivity index (χ3v) is 7.20. The van der Waals surface area contributed by atoms with Gasteiger partial charge in [-0.2, -0.15) is 9.97 Å². The molecule has 0 unspecified atom stereocenters. The van der Waals surface area contributed by atoms with Gasteiger partial charge in [-0.15, -0.1) is 11.3 Å². The van der Waals surface area contributed by atoms with Crippen molar-refractivity contribution in [3.8, 4) is 0 Å². The molecule has 1 saturated carbocycles. The zero-order valence-corrected chi connectivity index (χ0v) is 18.2. The highest BCUT2D eigenvalue weighted by Gasteiger charge is 2.29. The zero-order chi connectivity index (χ0) is 20.8. The molecule has 30 heavy (non-hydrogen) atoms. The molecule has 158 valence electrons. The smallest absolute Gasteiger partial charge is 0.229 e. The number of amides is 1. The highest BCUT2D eigenvalue weighted by atomic mass is 35.5. The van der Waals surface area contributed by atoms with E-state index in [-0.39, 0.29) is 29.0 Å². The average Bonchev–Trinajstić information content (AvgIpc) is 3.31.